The Morgan fingerprint density at radius 1 is 1.23 bits per heavy atom. The van der Waals surface area contributed by atoms with Crippen molar-refractivity contribution in [2.45, 2.75) is 11.1 Å². The van der Waals surface area contributed by atoms with E-state index in [9.17, 15) is 26.4 Å². The van der Waals surface area contributed by atoms with Gasteiger partial charge in [-0.3, -0.25) is 4.79 Å². The summed E-state index contributed by atoms with van der Waals surface area (Å²) >= 11 is 5.58. The van der Waals surface area contributed by atoms with Crippen LogP contribution in [-0.4, -0.2) is 47.0 Å². The number of carbonyl (C=O) groups is 1. The van der Waals surface area contributed by atoms with E-state index in [1.807, 2.05) is 0 Å². The molecule has 1 amide bonds. The van der Waals surface area contributed by atoms with Gasteiger partial charge in [0.1, 0.15) is 13.5 Å². The van der Waals surface area contributed by atoms with E-state index in [0.29, 0.717) is 10.4 Å². The zero-order valence-electron chi connectivity index (χ0n) is 15.7. The minimum absolute atomic E-state index is 0.169. The Morgan fingerprint density at radius 2 is 1.93 bits per heavy atom. The third-order valence-electron chi connectivity index (χ3n) is 3.72. The number of amides is 1. The molecule has 1 aromatic carbocycles. The van der Waals surface area contributed by atoms with E-state index in [0.717, 1.165) is 12.1 Å². The molecule has 0 spiro atoms. The molecule has 0 atom stereocenters. The van der Waals surface area contributed by atoms with E-state index < -0.39 is 44.3 Å². The molecule has 0 aliphatic heterocycles. The number of nitrogens with one attached hydrogen (secondary N) is 1. The van der Waals surface area contributed by atoms with E-state index in [1.54, 1.807) is 0 Å². The lowest BCUT2D eigenvalue weighted by molar-refractivity contribution is -0.137. The second-order valence-corrected chi connectivity index (χ2v) is 7.99. The van der Waals surface area contributed by atoms with Crippen LogP contribution in [0.25, 0.3) is 0 Å². The van der Waals surface area contributed by atoms with Crippen molar-refractivity contribution in [1.82, 2.24) is 10.3 Å². The molecule has 0 aliphatic rings. The van der Waals surface area contributed by atoms with Crippen LogP contribution in [0, 0.1) is 0 Å². The highest BCUT2D eigenvalue weighted by atomic mass is 35.5. The molecule has 164 valence electrons. The Hall–Kier alpha value is -2.41. The number of anilines is 1. The summed E-state index contributed by atoms with van der Waals surface area (Å²) in [5.41, 5.74) is -1.80. The van der Waals surface area contributed by atoms with Gasteiger partial charge in [0.25, 0.3) is 15.9 Å². The molecule has 0 fully saturated rings. The maximum atomic E-state index is 13.2. The monoisotopic (exact) mass is 467 g/mol. The Bertz CT molecular complexity index is 1020. The predicted octanol–water partition coefficient (Wildman–Crippen LogP) is 2.89. The standard InChI is InChI=1S/C17H17ClF3N3O5S/c1-28-9-23-16(25)15-14(4-3-7-22-15)24(10-29-2)30(26,27)11-5-6-13(18)12(8-11)17(19,20)21/h3-8H,9-10H2,1-2H3,(H,23,25). The molecular weight excluding hydrogens is 451 g/mol. The highest BCUT2D eigenvalue weighted by molar-refractivity contribution is 7.92. The number of hydrogen-bond acceptors (Lipinski definition) is 6. The number of benzene rings is 1. The molecule has 1 heterocycles. The number of alkyl halides is 3. The van der Waals surface area contributed by atoms with Crippen molar-refractivity contribution < 1.29 is 35.9 Å². The summed E-state index contributed by atoms with van der Waals surface area (Å²) in [6.45, 7) is -0.763. The van der Waals surface area contributed by atoms with Gasteiger partial charge < -0.3 is 14.8 Å². The van der Waals surface area contributed by atoms with Crippen LogP contribution in [0.5, 0.6) is 0 Å². The second-order valence-electron chi connectivity index (χ2n) is 5.72. The first-order valence-electron chi connectivity index (χ1n) is 8.14. The van der Waals surface area contributed by atoms with Crippen LogP contribution in [0.2, 0.25) is 5.02 Å². The lowest BCUT2D eigenvalue weighted by Gasteiger charge is -2.25. The first kappa shape index (κ1) is 23.9. The van der Waals surface area contributed by atoms with Gasteiger partial charge in [-0.15, -0.1) is 0 Å². The average Bonchev–Trinajstić information content (AvgIpc) is 2.69. The number of pyridine rings is 1. The zero-order chi connectivity index (χ0) is 22.5. The number of halogens is 4. The summed E-state index contributed by atoms with van der Waals surface area (Å²) in [5, 5.41) is 1.71. The molecule has 30 heavy (non-hydrogen) atoms. The first-order chi connectivity index (χ1) is 14.0. The topological polar surface area (TPSA) is 97.8 Å². The molecular formula is C17H17ClF3N3O5S. The zero-order valence-corrected chi connectivity index (χ0v) is 17.3. The molecule has 0 unspecified atom stereocenters. The van der Waals surface area contributed by atoms with Gasteiger partial charge in [-0.05, 0) is 30.3 Å². The summed E-state index contributed by atoms with van der Waals surface area (Å²) in [7, 11) is -2.07. The minimum Gasteiger partial charge on any atom is -0.364 e. The molecule has 0 saturated carbocycles. The molecule has 2 aromatic rings. The molecule has 0 aliphatic carbocycles. The molecule has 1 N–H and O–H groups in total. The van der Waals surface area contributed by atoms with Gasteiger partial charge in [-0.2, -0.15) is 13.2 Å². The van der Waals surface area contributed by atoms with Crippen molar-refractivity contribution in [2.75, 3.05) is 32.0 Å². The molecule has 0 radical (unpaired) electrons. The Kier molecular flexibility index (Phi) is 7.64. The van der Waals surface area contributed by atoms with Crippen molar-refractivity contribution in [3.05, 3.63) is 52.8 Å². The van der Waals surface area contributed by atoms with Crippen LogP contribution >= 0.6 is 11.6 Å². The van der Waals surface area contributed by atoms with Crippen molar-refractivity contribution in [3.63, 3.8) is 0 Å². The Morgan fingerprint density at radius 3 is 2.53 bits per heavy atom. The third kappa shape index (κ3) is 5.19. The van der Waals surface area contributed by atoms with Gasteiger partial charge in [-0.25, -0.2) is 17.7 Å². The van der Waals surface area contributed by atoms with Crippen LogP contribution in [-0.2, 0) is 25.7 Å². The van der Waals surface area contributed by atoms with Gasteiger partial charge in [0.05, 0.1) is 21.2 Å². The number of aromatic nitrogens is 1. The smallest absolute Gasteiger partial charge is 0.364 e. The molecule has 13 heteroatoms. The summed E-state index contributed by atoms with van der Waals surface area (Å²) in [4.78, 5) is 15.5. The molecule has 1 aromatic heterocycles. The van der Waals surface area contributed by atoms with Gasteiger partial charge in [0.15, 0.2) is 5.69 Å². The number of carbonyl (C=O) groups excluding carboxylic acids is 1. The summed E-state index contributed by atoms with van der Waals surface area (Å²) in [6, 6.07) is 4.81. The Balaban J connectivity index is 2.60. The second kappa shape index (κ2) is 9.60. The van der Waals surface area contributed by atoms with Crippen LogP contribution in [0.4, 0.5) is 18.9 Å². The Labute approximate surface area is 175 Å². The number of hydrogen-bond donors (Lipinski definition) is 1. The molecule has 2 rings (SSSR count). The van der Waals surface area contributed by atoms with Crippen LogP contribution < -0.4 is 9.62 Å². The quantitative estimate of drug-likeness (QED) is 0.599. The maximum absolute atomic E-state index is 13.2. The fourth-order valence-corrected chi connectivity index (χ4v) is 4.03. The molecule has 0 saturated heterocycles. The predicted molar refractivity (Wildman–Crippen MR) is 102 cm³/mol. The summed E-state index contributed by atoms with van der Waals surface area (Å²) in [5.74, 6) is -0.754. The van der Waals surface area contributed by atoms with Crippen molar-refractivity contribution in [1.29, 1.82) is 0 Å². The number of sulfonamides is 1. The van der Waals surface area contributed by atoms with E-state index in [4.69, 9.17) is 21.1 Å². The lowest BCUT2D eigenvalue weighted by atomic mass is 10.2. The fraction of sp³-hybridized carbons (Fsp3) is 0.294. The van der Waals surface area contributed by atoms with Gasteiger partial charge >= 0.3 is 6.18 Å². The first-order valence-corrected chi connectivity index (χ1v) is 9.96. The summed E-state index contributed by atoms with van der Waals surface area (Å²) in [6.07, 6.45) is -3.61. The van der Waals surface area contributed by atoms with Gasteiger partial charge in [0.2, 0.25) is 0 Å². The van der Waals surface area contributed by atoms with E-state index in [2.05, 4.69) is 10.3 Å². The van der Waals surface area contributed by atoms with Gasteiger partial charge in [0, 0.05) is 20.4 Å². The SMILES string of the molecule is COCNC(=O)c1ncccc1N(COC)S(=O)(=O)c1ccc(Cl)c(C(F)(F)F)c1. The average molecular weight is 468 g/mol. The van der Waals surface area contributed by atoms with Crippen molar-refractivity contribution in [2.24, 2.45) is 0 Å². The van der Waals surface area contributed by atoms with Crippen LogP contribution in [0.3, 0.4) is 0 Å². The highest BCUT2D eigenvalue weighted by Crippen LogP contribution is 2.37. The fourth-order valence-electron chi connectivity index (χ4n) is 2.39. The summed E-state index contributed by atoms with van der Waals surface area (Å²) < 4.78 is 76.1. The van der Waals surface area contributed by atoms with Gasteiger partial charge in [-0.1, -0.05) is 11.6 Å². The van der Waals surface area contributed by atoms with Crippen LogP contribution in [0.15, 0.2) is 41.4 Å². The van der Waals surface area contributed by atoms with Crippen LogP contribution in [0.1, 0.15) is 16.1 Å². The maximum Gasteiger partial charge on any atom is 0.417 e. The number of ether oxygens (including phenoxy) is 2. The molecule has 0 bridgehead atoms. The van der Waals surface area contributed by atoms with Crippen molar-refractivity contribution >= 4 is 33.2 Å². The van der Waals surface area contributed by atoms with E-state index in [1.165, 1.54) is 32.5 Å². The largest absolute Gasteiger partial charge is 0.417 e. The number of nitrogens with zero attached hydrogens (tertiary/aromatic N) is 2. The normalized spacial score (nSPS) is 11.9. The lowest BCUT2D eigenvalue weighted by Crippen LogP contribution is -2.36. The number of rotatable bonds is 8. The molecule has 8 nitrogen and oxygen atoms in total. The highest BCUT2D eigenvalue weighted by Gasteiger charge is 2.36. The number of methoxy groups -OCH3 is 2. The van der Waals surface area contributed by atoms with Crippen molar-refractivity contribution in [3.8, 4) is 0 Å². The third-order valence-corrected chi connectivity index (χ3v) is 5.79. The van der Waals surface area contributed by atoms with E-state index >= 15 is 0 Å². The minimum atomic E-state index is -4.87. The van der Waals surface area contributed by atoms with E-state index in [-0.39, 0.29) is 18.1 Å².